The highest BCUT2D eigenvalue weighted by Crippen LogP contribution is 2.25. The standard InChI is InChI=1S/C15H23NO2/c1-10(2)15(4,5)9-16-14(18)12-7-6-8-13(17)11(12)3/h6-8,10,17H,9H2,1-5H3,(H,16,18). The Morgan fingerprint density at radius 1 is 1.39 bits per heavy atom. The summed E-state index contributed by atoms with van der Waals surface area (Å²) in [4.78, 5) is 12.1. The molecule has 0 bridgehead atoms. The predicted octanol–water partition coefficient (Wildman–Crippen LogP) is 3.11. The zero-order valence-electron chi connectivity index (χ0n) is 11.9. The third kappa shape index (κ3) is 3.25. The van der Waals surface area contributed by atoms with Crippen LogP contribution in [0.1, 0.15) is 43.6 Å². The van der Waals surface area contributed by atoms with E-state index < -0.39 is 0 Å². The van der Waals surface area contributed by atoms with Gasteiger partial charge in [0, 0.05) is 17.7 Å². The fourth-order valence-corrected chi connectivity index (χ4v) is 1.48. The van der Waals surface area contributed by atoms with Crippen LogP contribution in [-0.2, 0) is 0 Å². The first-order valence-electron chi connectivity index (χ1n) is 6.32. The summed E-state index contributed by atoms with van der Waals surface area (Å²) in [6.45, 7) is 10.9. The van der Waals surface area contributed by atoms with E-state index in [1.165, 1.54) is 0 Å². The first-order chi connectivity index (χ1) is 8.25. The van der Waals surface area contributed by atoms with Gasteiger partial charge in [-0.15, -0.1) is 0 Å². The fraction of sp³-hybridized carbons (Fsp3) is 0.533. The van der Waals surface area contributed by atoms with Crippen LogP contribution in [0, 0.1) is 18.3 Å². The van der Waals surface area contributed by atoms with E-state index in [1.54, 1.807) is 25.1 Å². The van der Waals surface area contributed by atoms with Crippen molar-refractivity contribution in [3.05, 3.63) is 29.3 Å². The number of rotatable bonds is 4. The van der Waals surface area contributed by atoms with Crippen LogP contribution < -0.4 is 5.32 Å². The monoisotopic (exact) mass is 249 g/mol. The van der Waals surface area contributed by atoms with Crippen molar-refractivity contribution in [3.63, 3.8) is 0 Å². The van der Waals surface area contributed by atoms with Gasteiger partial charge in [0.1, 0.15) is 5.75 Å². The van der Waals surface area contributed by atoms with Crippen molar-refractivity contribution in [1.29, 1.82) is 0 Å². The number of phenolic OH excluding ortho intramolecular Hbond substituents is 1. The Hall–Kier alpha value is -1.51. The Bertz CT molecular complexity index is 436. The quantitative estimate of drug-likeness (QED) is 0.861. The van der Waals surface area contributed by atoms with Gasteiger partial charge in [0.2, 0.25) is 0 Å². The lowest BCUT2D eigenvalue weighted by molar-refractivity contribution is 0.0923. The molecule has 2 N–H and O–H groups in total. The minimum Gasteiger partial charge on any atom is -0.508 e. The first kappa shape index (κ1) is 14.6. The van der Waals surface area contributed by atoms with E-state index >= 15 is 0 Å². The molecule has 0 aromatic heterocycles. The molecule has 3 nitrogen and oxygen atoms in total. The molecule has 100 valence electrons. The molecule has 0 aliphatic rings. The van der Waals surface area contributed by atoms with Crippen molar-refractivity contribution in [1.82, 2.24) is 5.32 Å². The molecule has 0 atom stereocenters. The molecule has 1 amide bonds. The van der Waals surface area contributed by atoms with Gasteiger partial charge in [-0.25, -0.2) is 0 Å². The minimum atomic E-state index is -0.128. The highest BCUT2D eigenvalue weighted by Gasteiger charge is 2.23. The summed E-state index contributed by atoms with van der Waals surface area (Å²) in [5.41, 5.74) is 1.22. The number of carbonyl (C=O) groups excluding carboxylic acids is 1. The lowest BCUT2D eigenvalue weighted by Crippen LogP contribution is -2.37. The molecular weight excluding hydrogens is 226 g/mol. The molecule has 0 unspecified atom stereocenters. The van der Waals surface area contributed by atoms with Crippen LogP contribution in [0.15, 0.2) is 18.2 Å². The van der Waals surface area contributed by atoms with Crippen LogP contribution in [0.4, 0.5) is 0 Å². The molecule has 1 aromatic carbocycles. The molecule has 0 spiro atoms. The smallest absolute Gasteiger partial charge is 0.251 e. The molecule has 0 saturated heterocycles. The topological polar surface area (TPSA) is 49.3 Å². The van der Waals surface area contributed by atoms with Gasteiger partial charge < -0.3 is 10.4 Å². The van der Waals surface area contributed by atoms with E-state index in [-0.39, 0.29) is 17.1 Å². The van der Waals surface area contributed by atoms with Gasteiger partial charge in [0.25, 0.3) is 5.91 Å². The average molecular weight is 249 g/mol. The van der Waals surface area contributed by atoms with Crippen LogP contribution in [0.5, 0.6) is 5.75 Å². The molecule has 0 fully saturated rings. The van der Waals surface area contributed by atoms with Gasteiger partial charge >= 0.3 is 0 Å². The van der Waals surface area contributed by atoms with Crippen LogP contribution in [-0.4, -0.2) is 17.6 Å². The SMILES string of the molecule is Cc1c(O)cccc1C(=O)NCC(C)(C)C(C)C. The Morgan fingerprint density at radius 3 is 2.56 bits per heavy atom. The maximum absolute atomic E-state index is 12.1. The van der Waals surface area contributed by atoms with Crippen molar-refractivity contribution in [2.24, 2.45) is 11.3 Å². The summed E-state index contributed by atoms with van der Waals surface area (Å²) >= 11 is 0. The van der Waals surface area contributed by atoms with Crippen LogP contribution >= 0.6 is 0 Å². The van der Waals surface area contributed by atoms with Gasteiger partial charge in [0.05, 0.1) is 0 Å². The second-order valence-electron chi connectivity index (χ2n) is 5.78. The maximum Gasteiger partial charge on any atom is 0.251 e. The van der Waals surface area contributed by atoms with Gasteiger partial charge in [0.15, 0.2) is 0 Å². The second kappa shape index (κ2) is 5.42. The van der Waals surface area contributed by atoms with Crippen molar-refractivity contribution in [2.45, 2.75) is 34.6 Å². The van der Waals surface area contributed by atoms with E-state index in [2.05, 4.69) is 33.0 Å². The van der Waals surface area contributed by atoms with Crippen molar-refractivity contribution in [3.8, 4) is 5.75 Å². The third-order valence-corrected chi connectivity index (χ3v) is 3.82. The summed E-state index contributed by atoms with van der Waals surface area (Å²) in [5.74, 6) is 0.519. The molecule has 0 aliphatic heterocycles. The average Bonchev–Trinajstić information content (AvgIpc) is 2.29. The van der Waals surface area contributed by atoms with Gasteiger partial charge in [-0.2, -0.15) is 0 Å². The molecule has 3 heteroatoms. The minimum absolute atomic E-state index is 0.0559. The Morgan fingerprint density at radius 2 is 2.00 bits per heavy atom. The van der Waals surface area contributed by atoms with Crippen molar-refractivity contribution < 1.29 is 9.90 Å². The van der Waals surface area contributed by atoms with E-state index in [9.17, 15) is 9.90 Å². The summed E-state index contributed by atoms with van der Waals surface area (Å²) in [7, 11) is 0. The fourth-order valence-electron chi connectivity index (χ4n) is 1.48. The highest BCUT2D eigenvalue weighted by molar-refractivity contribution is 5.96. The van der Waals surface area contributed by atoms with E-state index in [1.807, 2.05) is 0 Å². The second-order valence-corrected chi connectivity index (χ2v) is 5.78. The maximum atomic E-state index is 12.1. The highest BCUT2D eigenvalue weighted by atomic mass is 16.3. The molecule has 0 heterocycles. The lowest BCUT2D eigenvalue weighted by Gasteiger charge is -2.29. The van der Waals surface area contributed by atoms with Gasteiger partial charge in [-0.05, 0) is 30.4 Å². The first-order valence-corrected chi connectivity index (χ1v) is 6.32. The predicted molar refractivity (Wildman–Crippen MR) is 73.8 cm³/mol. The van der Waals surface area contributed by atoms with Crippen molar-refractivity contribution in [2.75, 3.05) is 6.54 Å². The normalized spacial score (nSPS) is 11.7. The molecule has 0 radical (unpaired) electrons. The number of hydrogen-bond acceptors (Lipinski definition) is 2. The molecule has 1 aromatic rings. The van der Waals surface area contributed by atoms with Crippen LogP contribution in [0.2, 0.25) is 0 Å². The third-order valence-electron chi connectivity index (χ3n) is 3.82. The number of aromatic hydroxyl groups is 1. The number of hydrogen-bond donors (Lipinski definition) is 2. The number of carbonyl (C=O) groups is 1. The van der Waals surface area contributed by atoms with E-state index in [0.29, 0.717) is 23.6 Å². The molecule has 0 saturated carbocycles. The number of amides is 1. The summed E-state index contributed by atoms with van der Waals surface area (Å²) in [6.07, 6.45) is 0. The number of nitrogens with one attached hydrogen (secondary N) is 1. The van der Waals surface area contributed by atoms with Gasteiger partial charge in [-0.1, -0.05) is 33.8 Å². The lowest BCUT2D eigenvalue weighted by atomic mass is 9.81. The Kier molecular flexibility index (Phi) is 4.38. The molecular formula is C15H23NO2. The molecule has 0 aliphatic carbocycles. The number of benzene rings is 1. The molecule has 1 rings (SSSR count). The van der Waals surface area contributed by atoms with Gasteiger partial charge in [-0.3, -0.25) is 4.79 Å². The van der Waals surface area contributed by atoms with E-state index in [4.69, 9.17) is 0 Å². The van der Waals surface area contributed by atoms with Crippen LogP contribution in [0.25, 0.3) is 0 Å². The molecule has 18 heavy (non-hydrogen) atoms. The number of phenols is 1. The Balaban J connectivity index is 2.75. The largest absolute Gasteiger partial charge is 0.508 e. The van der Waals surface area contributed by atoms with E-state index in [0.717, 1.165) is 0 Å². The zero-order valence-corrected chi connectivity index (χ0v) is 11.9. The van der Waals surface area contributed by atoms with Crippen LogP contribution in [0.3, 0.4) is 0 Å². The summed E-state index contributed by atoms with van der Waals surface area (Å²) in [5, 5.41) is 12.5. The zero-order chi connectivity index (χ0) is 13.9. The summed E-state index contributed by atoms with van der Waals surface area (Å²) < 4.78 is 0. The van der Waals surface area contributed by atoms with Crippen molar-refractivity contribution >= 4 is 5.91 Å². The summed E-state index contributed by atoms with van der Waals surface area (Å²) in [6, 6.07) is 5.00. The Labute approximate surface area is 109 Å².